The molecule has 1 aromatic heterocycles. The van der Waals surface area contributed by atoms with Gasteiger partial charge in [0, 0.05) is 24.8 Å². The van der Waals surface area contributed by atoms with Crippen LogP contribution in [0.4, 0.5) is 20.3 Å². The lowest BCUT2D eigenvalue weighted by molar-refractivity contribution is -0.165. The third-order valence-electron chi connectivity index (χ3n) is 6.89. The number of fused-ring (bicyclic) bond motifs is 2. The van der Waals surface area contributed by atoms with E-state index in [-0.39, 0.29) is 30.1 Å². The molecule has 12 heteroatoms. The fourth-order valence-electron chi connectivity index (χ4n) is 5.15. The zero-order valence-electron chi connectivity index (χ0n) is 21.6. The first-order valence-corrected chi connectivity index (χ1v) is 12.3. The summed E-state index contributed by atoms with van der Waals surface area (Å²) in [6.07, 6.45) is 1.08. The molecule has 3 heterocycles. The Balaban J connectivity index is 1.68. The topological polar surface area (TPSA) is 136 Å². The number of amides is 4. The van der Waals surface area contributed by atoms with E-state index in [4.69, 9.17) is 0 Å². The van der Waals surface area contributed by atoms with E-state index >= 15 is 0 Å². The summed E-state index contributed by atoms with van der Waals surface area (Å²) in [6.45, 7) is 1.35. The molecule has 4 amide bonds. The summed E-state index contributed by atoms with van der Waals surface area (Å²) in [6, 6.07) is 10.5. The van der Waals surface area contributed by atoms with Crippen molar-refractivity contribution < 1.29 is 28.0 Å². The molecular formula is C27H28F2N6O4. The number of anilines is 2. The number of nitriles is 1. The molecule has 39 heavy (non-hydrogen) atoms. The first kappa shape index (κ1) is 27.6. The molecule has 1 aromatic carbocycles. The largest absolute Gasteiger partial charge is 0.325 e. The number of pyridine rings is 1. The van der Waals surface area contributed by atoms with E-state index in [2.05, 4.69) is 15.6 Å². The fourth-order valence-corrected chi connectivity index (χ4v) is 5.15. The van der Waals surface area contributed by atoms with Gasteiger partial charge in [0.25, 0.3) is 0 Å². The Hall–Kier alpha value is -4.40. The Labute approximate surface area is 224 Å². The van der Waals surface area contributed by atoms with Crippen molar-refractivity contribution in [3.05, 3.63) is 54.2 Å². The van der Waals surface area contributed by atoms with Crippen molar-refractivity contribution in [3.8, 4) is 6.07 Å². The van der Waals surface area contributed by atoms with Crippen LogP contribution in [0, 0.1) is 16.7 Å². The van der Waals surface area contributed by atoms with E-state index in [1.807, 2.05) is 6.07 Å². The third-order valence-corrected chi connectivity index (χ3v) is 6.89. The molecule has 2 aliphatic heterocycles. The van der Waals surface area contributed by atoms with E-state index in [0.717, 1.165) is 4.90 Å². The maximum absolute atomic E-state index is 14.5. The summed E-state index contributed by atoms with van der Waals surface area (Å²) in [5.41, 5.74) is -0.818. The van der Waals surface area contributed by atoms with Gasteiger partial charge >= 0.3 is 18.4 Å². The van der Waals surface area contributed by atoms with Gasteiger partial charge in [0.15, 0.2) is 0 Å². The van der Waals surface area contributed by atoms with Gasteiger partial charge < -0.3 is 15.5 Å². The number of halogens is 2. The Morgan fingerprint density at radius 1 is 1.23 bits per heavy atom. The molecule has 1 spiro atoms. The standard InChI is InChI=1S/C27H28F2N6O4/c1-26(2,3)13-19(35(25(28)29)23(38)21(36)33-20-10-6-7-11-31-20)22(37)34-15-27(12-16(34)14-30)17-8-4-5-9-18(17)32-24(27)39/h4-11,16,19,25H,12-13,15H2,1-3H3,(H,32,39)(H,31,33,36)/t16-,19-,27-/m0/s1. The summed E-state index contributed by atoms with van der Waals surface area (Å²) in [7, 11) is 0. The van der Waals surface area contributed by atoms with E-state index in [0.29, 0.717) is 11.3 Å². The number of aromatic nitrogens is 1. The highest BCUT2D eigenvalue weighted by molar-refractivity contribution is 6.39. The number of benzene rings is 1. The van der Waals surface area contributed by atoms with Crippen LogP contribution in [-0.2, 0) is 24.6 Å². The lowest BCUT2D eigenvalue weighted by atomic mass is 9.80. The van der Waals surface area contributed by atoms with Gasteiger partial charge in [-0.3, -0.25) is 24.1 Å². The lowest BCUT2D eigenvalue weighted by Gasteiger charge is -2.36. The number of carbonyl (C=O) groups excluding carboxylic acids is 4. The highest BCUT2D eigenvalue weighted by Crippen LogP contribution is 2.46. The van der Waals surface area contributed by atoms with Crippen LogP contribution in [0.1, 0.15) is 39.2 Å². The number of hydrogen-bond acceptors (Lipinski definition) is 6. The van der Waals surface area contributed by atoms with Crippen molar-refractivity contribution in [1.29, 1.82) is 5.26 Å². The second-order valence-electron chi connectivity index (χ2n) is 10.8. The van der Waals surface area contributed by atoms with Crippen molar-refractivity contribution in [2.75, 3.05) is 17.2 Å². The number of para-hydroxylation sites is 1. The van der Waals surface area contributed by atoms with Gasteiger partial charge in [-0.2, -0.15) is 14.0 Å². The van der Waals surface area contributed by atoms with Crippen molar-refractivity contribution in [2.45, 2.75) is 57.7 Å². The molecule has 0 aliphatic carbocycles. The van der Waals surface area contributed by atoms with E-state index in [1.54, 1.807) is 51.1 Å². The highest BCUT2D eigenvalue weighted by atomic mass is 19.3. The minimum absolute atomic E-state index is 0.0271. The maximum Gasteiger partial charge on any atom is 0.318 e. The van der Waals surface area contributed by atoms with Gasteiger partial charge in [-0.1, -0.05) is 45.0 Å². The summed E-state index contributed by atoms with van der Waals surface area (Å²) < 4.78 is 28.9. The Morgan fingerprint density at radius 2 is 1.92 bits per heavy atom. The molecule has 10 nitrogen and oxygen atoms in total. The van der Waals surface area contributed by atoms with Crippen LogP contribution in [0.15, 0.2) is 48.7 Å². The van der Waals surface area contributed by atoms with Gasteiger partial charge in [-0.25, -0.2) is 4.98 Å². The van der Waals surface area contributed by atoms with E-state index in [9.17, 15) is 33.2 Å². The summed E-state index contributed by atoms with van der Waals surface area (Å²) in [5, 5.41) is 14.9. The van der Waals surface area contributed by atoms with Crippen LogP contribution in [0.3, 0.4) is 0 Å². The average Bonchev–Trinajstić information content (AvgIpc) is 3.41. The molecule has 204 valence electrons. The number of hydrogen-bond donors (Lipinski definition) is 2. The number of nitrogens with one attached hydrogen (secondary N) is 2. The fraction of sp³-hybridized carbons (Fsp3) is 0.407. The first-order chi connectivity index (χ1) is 18.4. The number of likely N-dealkylation sites (tertiary alicyclic amines) is 1. The number of carbonyl (C=O) groups is 4. The van der Waals surface area contributed by atoms with Crippen LogP contribution in [0.5, 0.6) is 0 Å². The molecule has 0 unspecified atom stereocenters. The zero-order valence-corrected chi connectivity index (χ0v) is 21.6. The quantitative estimate of drug-likeness (QED) is 0.444. The molecule has 1 fully saturated rings. The Kier molecular flexibility index (Phi) is 7.37. The minimum atomic E-state index is -3.50. The van der Waals surface area contributed by atoms with Crippen molar-refractivity contribution in [3.63, 3.8) is 0 Å². The molecule has 4 rings (SSSR count). The van der Waals surface area contributed by atoms with Crippen molar-refractivity contribution >= 4 is 35.1 Å². The second-order valence-corrected chi connectivity index (χ2v) is 10.8. The third kappa shape index (κ3) is 5.30. The molecule has 0 radical (unpaired) electrons. The smallest absolute Gasteiger partial charge is 0.318 e. The molecule has 2 aliphatic rings. The van der Waals surface area contributed by atoms with Crippen LogP contribution in [0.25, 0.3) is 0 Å². The molecule has 0 bridgehead atoms. The molecule has 1 saturated heterocycles. The van der Waals surface area contributed by atoms with Gasteiger partial charge in [0.1, 0.15) is 17.9 Å². The Bertz CT molecular complexity index is 1340. The van der Waals surface area contributed by atoms with Crippen LogP contribution in [-0.4, -0.2) is 63.6 Å². The molecule has 2 N–H and O–H groups in total. The van der Waals surface area contributed by atoms with Crippen LogP contribution < -0.4 is 10.6 Å². The Morgan fingerprint density at radius 3 is 2.54 bits per heavy atom. The molecule has 2 aromatic rings. The van der Waals surface area contributed by atoms with Crippen LogP contribution >= 0.6 is 0 Å². The predicted octanol–water partition coefficient (Wildman–Crippen LogP) is 2.89. The molecule has 3 atom stereocenters. The highest BCUT2D eigenvalue weighted by Gasteiger charge is 2.57. The summed E-state index contributed by atoms with van der Waals surface area (Å²) in [4.78, 5) is 57.7. The lowest BCUT2D eigenvalue weighted by Crippen LogP contribution is -2.57. The summed E-state index contributed by atoms with van der Waals surface area (Å²) >= 11 is 0. The SMILES string of the molecule is CC(C)(C)C[C@@H](C(=O)N1C[C@]2(C[C@H]1C#N)C(=O)Nc1ccccc12)N(C(=O)C(=O)Nc1ccccn1)C(F)F. The maximum atomic E-state index is 14.5. The van der Waals surface area contributed by atoms with E-state index in [1.165, 1.54) is 18.3 Å². The van der Waals surface area contributed by atoms with Crippen molar-refractivity contribution in [2.24, 2.45) is 5.41 Å². The zero-order chi connectivity index (χ0) is 28.5. The van der Waals surface area contributed by atoms with Gasteiger partial charge in [-0.05, 0) is 35.6 Å². The number of rotatable bonds is 5. The van der Waals surface area contributed by atoms with Gasteiger partial charge in [-0.15, -0.1) is 0 Å². The number of alkyl halides is 2. The minimum Gasteiger partial charge on any atom is -0.325 e. The van der Waals surface area contributed by atoms with Crippen LogP contribution in [0.2, 0.25) is 0 Å². The second kappa shape index (κ2) is 10.4. The first-order valence-electron chi connectivity index (χ1n) is 12.3. The van der Waals surface area contributed by atoms with E-state index < -0.39 is 53.1 Å². The number of nitrogens with zero attached hydrogens (tertiary/aromatic N) is 4. The molecular weight excluding hydrogens is 510 g/mol. The predicted molar refractivity (Wildman–Crippen MR) is 136 cm³/mol. The monoisotopic (exact) mass is 538 g/mol. The summed E-state index contributed by atoms with van der Waals surface area (Å²) in [5.74, 6) is -4.38. The van der Waals surface area contributed by atoms with Gasteiger partial charge in [0.05, 0.1) is 11.5 Å². The van der Waals surface area contributed by atoms with Gasteiger partial charge in [0.2, 0.25) is 11.8 Å². The molecule has 0 saturated carbocycles. The van der Waals surface area contributed by atoms with Crippen molar-refractivity contribution in [1.82, 2.24) is 14.8 Å². The average molecular weight is 539 g/mol. The normalized spacial score (nSPS) is 20.8.